The van der Waals surface area contributed by atoms with Crippen molar-refractivity contribution in [3.63, 3.8) is 0 Å². The number of imidazole rings is 1. The van der Waals surface area contributed by atoms with Gasteiger partial charge in [-0.05, 0) is 37.5 Å². The molecule has 0 fully saturated rings. The predicted molar refractivity (Wildman–Crippen MR) is 86.1 cm³/mol. The molecule has 0 aliphatic rings. The van der Waals surface area contributed by atoms with Gasteiger partial charge in [-0.3, -0.25) is 9.59 Å². The van der Waals surface area contributed by atoms with E-state index >= 15 is 0 Å². The van der Waals surface area contributed by atoms with Gasteiger partial charge in [-0.2, -0.15) is 0 Å². The molecule has 1 aromatic carbocycles. The molecule has 23 heavy (non-hydrogen) atoms. The number of H-pyrrole nitrogens is 2. The van der Waals surface area contributed by atoms with Crippen molar-refractivity contribution in [1.29, 1.82) is 0 Å². The summed E-state index contributed by atoms with van der Waals surface area (Å²) in [7, 11) is 1.59. The second-order valence-corrected chi connectivity index (χ2v) is 5.37. The summed E-state index contributed by atoms with van der Waals surface area (Å²) in [6, 6.07) is 5.68. The van der Waals surface area contributed by atoms with Crippen molar-refractivity contribution >= 4 is 22.9 Å². The molecule has 2 rings (SSSR count). The Morgan fingerprint density at radius 3 is 2.70 bits per heavy atom. The minimum Gasteiger partial charge on any atom is -0.465 e. The third kappa shape index (κ3) is 4.70. The van der Waals surface area contributed by atoms with Gasteiger partial charge in [0.15, 0.2) is 0 Å². The van der Waals surface area contributed by atoms with Crippen molar-refractivity contribution in [2.24, 2.45) is 0 Å². The highest BCUT2D eigenvalue weighted by Crippen LogP contribution is 2.12. The van der Waals surface area contributed by atoms with Crippen LogP contribution in [0.4, 0.5) is 0 Å². The van der Waals surface area contributed by atoms with Gasteiger partial charge in [0.05, 0.1) is 17.6 Å². The van der Waals surface area contributed by atoms with Crippen LogP contribution in [0.5, 0.6) is 0 Å². The molecule has 7 nitrogen and oxygen atoms in total. The molecular formula is C16H21N3O4. The second-order valence-electron chi connectivity index (χ2n) is 5.37. The summed E-state index contributed by atoms with van der Waals surface area (Å²) < 4.78 is 4.81. The Morgan fingerprint density at radius 2 is 1.96 bits per heavy atom. The number of rotatable bonds is 7. The molecular weight excluding hydrogens is 298 g/mol. The molecule has 0 aliphatic carbocycles. The van der Waals surface area contributed by atoms with Crippen molar-refractivity contribution in [2.45, 2.75) is 26.2 Å². The van der Waals surface area contributed by atoms with Crippen LogP contribution in [0, 0.1) is 0 Å². The van der Waals surface area contributed by atoms with Gasteiger partial charge in [0.1, 0.15) is 6.54 Å². The van der Waals surface area contributed by atoms with E-state index in [4.69, 9.17) is 4.74 Å². The summed E-state index contributed by atoms with van der Waals surface area (Å²) in [6.07, 6.45) is 1.76. The Kier molecular flexibility index (Phi) is 5.56. The number of esters is 1. The normalized spacial score (nSPS) is 10.7. The van der Waals surface area contributed by atoms with E-state index in [1.54, 1.807) is 14.0 Å². The number of nitrogens with one attached hydrogen (secondary N) is 2. The fourth-order valence-electron chi connectivity index (χ4n) is 2.36. The number of aryl methyl sites for hydroxylation is 1. The highest BCUT2D eigenvalue weighted by molar-refractivity contribution is 5.81. The SMILES string of the molecule is CCOC(=O)CN(C)C(=O)CCCc1ccc2[nH]c(=O)[nH]c2c1. The first-order chi connectivity index (χ1) is 11.0. The number of hydrogen-bond acceptors (Lipinski definition) is 4. The Labute approximate surface area is 133 Å². The zero-order valence-corrected chi connectivity index (χ0v) is 13.3. The van der Waals surface area contributed by atoms with E-state index in [0.29, 0.717) is 19.4 Å². The summed E-state index contributed by atoms with van der Waals surface area (Å²) >= 11 is 0. The first-order valence-corrected chi connectivity index (χ1v) is 7.60. The van der Waals surface area contributed by atoms with Gasteiger partial charge in [0.25, 0.3) is 0 Å². The maximum Gasteiger partial charge on any atom is 0.325 e. The van der Waals surface area contributed by atoms with E-state index in [9.17, 15) is 14.4 Å². The highest BCUT2D eigenvalue weighted by Gasteiger charge is 2.13. The zero-order chi connectivity index (χ0) is 16.8. The van der Waals surface area contributed by atoms with E-state index in [0.717, 1.165) is 23.0 Å². The largest absolute Gasteiger partial charge is 0.465 e. The van der Waals surface area contributed by atoms with Crippen molar-refractivity contribution < 1.29 is 14.3 Å². The number of aromatic nitrogens is 2. The number of carbonyl (C=O) groups is 2. The minimum absolute atomic E-state index is 0.0246. The third-order valence-electron chi connectivity index (χ3n) is 3.53. The summed E-state index contributed by atoms with van der Waals surface area (Å²) in [5.74, 6) is -0.487. The number of amides is 1. The average Bonchev–Trinajstić information content (AvgIpc) is 2.86. The molecule has 2 N–H and O–H groups in total. The van der Waals surface area contributed by atoms with Gasteiger partial charge in [-0.25, -0.2) is 4.79 Å². The first-order valence-electron chi connectivity index (χ1n) is 7.60. The first kappa shape index (κ1) is 16.8. The topological polar surface area (TPSA) is 95.3 Å². The van der Waals surface area contributed by atoms with E-state index in [1.807, 2.05) is 18.2 Å². The van der Waals surface area contributed by atoms with Crippen LogP contribution in [0.25, 0.3) is 11.0 Å². The van der Waals surface area contributed by atoms with E-state index in [-0.39, 0.29) is 18.1 Å². The van der Waals surface area contributed by atoms with Gasteiger partial charge >= 0.3 is 11.7 Å². The maximum atomic E-state index is 12.0. The average molecular weight is 319 g/mol. The molecule has 7 heteroatoms. The third-order valence-corrected chi connectivity index (χ3v) is 3.53. The Balaban J connectivity index is 1.82. The van der Waals surface area contributed by atoms with Crippen molar-refractivity contribution in [1.82, 2.24) is 14.9 Å². The molecule has 0 saturated carbocycles. The summed E-state index contributed by atoms with van der Waals surface area (Å²) in [5, 5.41) is 0. The minimum atomic E-state index is -0.398. The maximum absolute atomic E-state index is 12.0. The Bertz CT molecular complexity index is 747. The Hall–Kier alpha value is -2.57. The molecule has 0 aliphatic heterocycles. The lowest BCUT2D eigenvalue weighted by Crippen LogP contribution is -2.32. The number of carbonyl (C=O) groups excluding carboxylic acids is 2. The molecule has 0 unspecified atom stereocenters. The Morgan fingerprint density at radius 1 is 1.22 bits per heavy atom. The summed E-state index contributed by atoms with van der Waals surface area (Å²) in [5.41, 5.74) is 2.35. The predicted octanol–water partition coefficient (Wildman–Crippen LogP) is 1.20. The molecule has 1 aromatic heterocycles. The van der Waals surface area contributed by atoms with E-state index in [2.05, 4.69) is 9.97 Å². The molecule has 1 heterocycles. The lowest BCUT2D eigenvalue weighted by Gasteiger charge is -2.15. The molecule has 0 spiro atoms. The number of nitrogens with zero attached hydrogens (tertiary/aromatic N) is 1. The van der Waals surface area contributed by atoms with Gasteiger partial charge in [0.2, 0.25) is 5.91 Å². The monoisotopic (exact) mass is 319 g/mol. The molecule has 0 bridgehead atoms. The van der Waals surface area contributed by atoms with Crippen LogP contribution >= 0.6 is 0 Å². The van der Waals surface area contributed by atoms with Crippen LogP contribution < -0.4 is 5.69 Å². The number of aromatic amines is 2. The van der Waals surface area contributed by atoms with Gasteiger partial charge in [-0.1, -0.05) is 6.07 Å². The molecule has 1 amide bonds. The number of fused-ring (bicyclic) bond motifs is 1. The lowest BCUT2D eigenvalue weighted by molar-refractivity contribution is -0.148. The van der Waals surface area contributed by atoms with E-state index in [1.165, 1.54) is 4.90 Å². The van der Waals surface area contributed by atoms with E-state index < -0.39 is 5.97 Å². The molecule has 2 aromatic rings. The number of ether oxygens (including phenoxy) is 1. The van der Waals surface area contributed by atoms with Crippen LogP contribution in [0.15, 0.2) is 23.0 Å². The standard InChI is InChI=1S/C16H21N3O4/c1-3-23-15(21)10-19(2)14(20)6-4-5-11-7-8-12-13(9-11)18-16(22)17-12/h7-9H,3-6,10H2,1-2H3,(H2,17,18,22). The number of hydrogen-bond donors (Lipinski definition) is 2. The number of likely N-dealkylation sites (N-methyl/N-ethyl adjacent to an activating group) is 1. The molecule has 0 radical (unpaired) electrons. The lowest BCUT2D eigenvalue weighted by atomic mass is 10.1. The van der Waals surface area contributed by atoms with Crippen LogP contribution in [0.3, 0.4) is 0 Å². The molecule has 0 atom stereocenters. The fraction of sp³-hybridized carbons (Fsp3) is 0.438. The summed E-state index contributed by atoms with van der Waals surface area (Å²) in [4.78, 5) is 41.3. The van der Waals surface area contributed by atoms with Crippen molar-refractivity contribution in [2.75, 3.05) is 20.2 Å². The highest BCUT2D eigenvalue weighted by atomic mass is 16.5. The van der Waals surface area contributed by atoms with Crippen molar-refractivity contribution in [3.05, 3.63) is 34.2 Å². The fourth-order valence-corrected chi connectivity index (χ4v) is 2.36. The van der Waals surface area contributed by atoms with Gasteiger partial charge in [0, 0.05) is 13.5 Å². The second kappa shape index (κ2) is 7.62. The molecule has 0 saturated heterocycles. The molecule has 124 valence electrons. The van der Waals surface area contributed by atoms with Crippen LogP contribution in [0.2, 0.25) is 0 Å². The zero-order valence-electron chi connectivity index (χ0n) is 13.3. The van der Waals surface area contributed by atoms with Crippen LogP contribution in [-0.2, 0) is 20.7 Å². The summed E-state index contributed by atoms with van der Waals surface area (Å²) in [6.45, 7) is 2.02. The van der Waals surface area contributed by atoms with Crippen molar-refractivity contribution in [3.8, 4) is 0 Å². The van der Waals surface area contributed by atoms with Crippen LogP contribution in [0.1, 0.15) is 25.3 Å². The quantitative estimate of drug-likeness (QED) is 0.750. The van der Waals surface area contributed by atoms with Crippen LogP contribution in [-0.4, -0.2) is 46.9 Å². The van der Waals surface area contributed by atoms with Gasteiger partial charge < -0.3 is 19.6 Å². The van der Waals surface area contributed by atoms with Gasteiger partial charge in [-0.15, -0.1) is 0 Å². The smallest absolute Gasteiger partial charge is 0.325 e. The number of benzene rings is 1.